The van der Waals surface area contributed by atoms with E-state index in [-0.39, 0.29) is 11.7 Å². The number of ketones is 1. The monoisotopic (exact) mass is 220 g/mol. The fourth-order valence-corrected chi connectivity index (χ4v) is 2.21. The van der Waals surface area contributed by atoms with Crippen LogP contribution in [-0.4, -0.2) is 24.1 Å². The summed E-state index contributed by atoms with van der Waals surface area (Å²) in [5.41, 5.74) is 1.72. The standard InChI is InChI=1S/C13H16O3/c1-3-12(14)11-6-8-4-5-9(16-2)7-10(8)13(11)15/h4-5,7,11-12,14H,3,6H2,1-2H3. The number of carbonyl (C=O) groups excluding carboxylic acids is 1. The molecule has 0 radical (unpaired) electrons. The summed E-state index contributed by atoms with van der Waals surface area (Å²) in [4.78, 5) is 12.0. The molecule has 1 aromatic rings. The number of carbonyl (C=O) groups is 1. The van der Waals surface area contributed by atoms with Gasteiger partial charge in [-0.05, 0) is 30.5 Å². The van der Waals surface area contributed by atoms with Crippen LogP contribution in [0.1, 0.15) is 29.3 Å². The van der Waals surface area contributed by atoms with Gasteiger partial charge in [-0.15, -0.1) is 0 Å². The molecular formula is C13H16O3. The van der Waals surface area contributed by atoms with Crippen LogP contribution >= 0.6 is 0 Å². The molecule has 16 heavy (non-hydrogen) atoms. The topological polar surface area (TPSA) is 46.5 Å². The van der Waals surface area contributed by atoms with Crippen molar-refractivity contribution in [3.63, 3.8) is 0 Å². The molecule has 3 heteroatoms. The highest BCUT2D eigenvalue weighted by Crippen LogP contribution is 2.32. The number of benzene rings is 1. The third kappa shape index (κ3) is 1.71. The minimum atomic E-state index is -0.536. The second-order valence-electron chi connectivity index (χ2n) is 4.17. The quantitative estimate of drug-likeness (QED) is 0.845. The molecule has 1 aliphatic rings. The van der Waals surface area contributed by atoms with Crippen LogP contribution in [0, 0.1) is 5.92 Å². The van der Waals surface area contributed by atoms with E-state index in [0.717, 1.165) is 5.56 Å². The average molecular weight is 220 g/mol. The van der Waals surface area contributed by atoms with Gasteiger partial charge in [-0.2, -0.15) is 0 Å². The summed E-state index contributed by atoms with van der Waals surface area (Å²) in [5, 5.41) is 9.77. The zero-order valence-corrected chi connectivity index (χ0v) is 9.56. The van der Waals surface area contributed by atoms with Gasteiger partial charge in [0.1, 0.15) is 5.75 Å². The van der Waals surface area contributed by atoms with Gasteiger partial charge < -0.3 is 9.84 Å². The van der Waals surface area contributed by atoms with Crippen molar-refractivity contribution in [1.29, 1.82) is 0 Å². The second kappa shape index (κ2) is 4.26. The predicted molar refractivity (Wildman–Crippen MR) is 60.8 cm³/mol. The van der Waals surface area contributed by atoms with E-state index in [0.29, 0.717) is 24.2 Å². The first-order valence-electron chi connectivity index (χ1n) is 5.56. The van der Waals surface area contributed by atoms with Crippen LogP contribution < -0.4 is 4.74 Å². The molecule has 0 fully saturated rings. The summed E-state index contributed by atoms with van der Waals surface area (Å²) in [5.74, 6) is 0.467. The third-order valence-corrected chi connectivity index (χ3v) is 3.24. The SMILES string of the molecule is CCC(O)C1Cc2ccc(OC)cc2C1=O. The number of fused-ring (bicyclic) bond motifs is 1. The number of rotatable bonds is 3. The number of aliphatic hydroxyl groups excluding tert-OH is 1. The summed E-state index contributed by atoms with van der Waals surface area (Å²) in [7, 11) is 1.58. The Morgan fingerprint density at radius 1 is 1.56 bits per heavy atom. The van der Waals surface area contributed by atoms with E-state index in [1.807, 2.05) is 19.1 Å². The summed E-state index contributed by atoms with van der Waals surface area (Å²) in [6.07, 6.45) is 0.722. The van der Waals surface area contributed by atoms with Gasteiger partial charge in [0.25, 0.3) is 0 Å². The van der Waals surface area contributed by atoms with Gasteiger partial charge in [-0.3, -0.25) is 4.79 Å². The first kappa shape index (κ1) is 11.1. The molecule has 86 valence electrons. The van der Waals surface area contributed by atoms with Gasteiger partial charge in [0.05, 0.1) is 19.1 Å². The minimum Gasteiger partial charge on any atom is -0.497 e. The maximum atomic E-state index is 12.0. The van der Waals surface area contributed by atoms with Gasteiger partial charge >= 0.3 is 0 Å². The van der Waals surface area contributed by atoms with E-state index < -0.39 is 6.10 Å². The van der Waals surface area contributed by atoms with Crippen molar-refractivity contribution in [3.05, 3.63) is 29.3 Å². The van der Waals surface area contributed by atoms with E-state index in [1.54, 1.807) is 13.2 Å². The summed E-state index contributed by atoms with van der Waals surface area (Å²) < 4.78 is 5.10. The molecule has 2 unspecified atom stereocenters. The van der Waals surface area contributed by atoms with E-state index >= 15 is 0 Å². The van der Waals surface area contributed by atoms with Crippen LogP contribution in [0.2, 0.25) is 0 Å². The van der Waals surface area contributed by atoms with E-state index in [2.05, 4.69) is 0 Å². The number of ether oxygens (including phenoxy) is 1. The second-order valence-corrected chi connectivity index (χ2v) is 4.17. The molecule has 0 saturated heterocycles. The van der Waals surface area contributed by atoms with Crippen LogP contribution in [0.3, 0.4) is 0 Å². The van der Waals surface area contributed by atoms with Crippen LogP contribution in [0.15, 0.2) is 18.2 Å². The van der Waals surface area contributed by atoms with Gasteiger partial charge in [0, 0.05) is 5.56 Å². The summed E-state index contributed by atoms with van der Waals surface area (Å²) >= 11 is 0. The Labute approximate surface area is 95.0 Å². The van der Waals surface area contributed by atoms with Crippen molar-refractivity contribution in [2.24, 2.45) is 5.92 Å². The smallest absolute Gasteiger partial charge is 0.169 e. The predicted octanol–water partition coefficient (Wildman–Crippen LogP) is 1.82. The van der Waals surface area contributed by atoms with Crippen molar-refractivity contribution < 1.29 is 14.6 Å². The summed E-state index contributed by atoms with van der Waals surface area (Å²) in [6, 6.07) is 5.53. The third-order valence-electron chi connectivity index (χ3n) is 3.24. The summed E-state index contributed by atoms with van der Waals surface area (Å²) in [6.45, 7) is 1.89. The molecule has 0 aromatic heterocycles. The Hall–Kier alpha value is -1.35. The van der Waals surface area contributed by atoms with Gasteiger partial charge in [-0.25, -0.2) is 0 Å². The van der Waals surface area contributed by atoms with Crippen LogP contribution in [0.4, 0.5) is 0 Å². The molecule has 0 aliphatic heterocycles. The first-order valence-corrected chi connectivity index (χ1v) is 5.56. The van der Waals surface area contributed by atoms with E-state index in [9.17, 15) is 9.90 Å². The number of hydrogen-bond acceptors (Lipinski definition) is 3. The molecule has 1 N–H and O–H groups in total. The zero-order valence-electron chi connectivity index (χ0n) is 9.56. The molecule has 1 aromatic carbocycles. The first-order chi connectivity index (χ1) is 7.67. The number of hydrogen-bond donors (Lipinski definition) is 1. The van der Waals surface area contributed by atoms with Crippen LogP contribution in [-0.2, 0) is 6.42 Å². The minimum absolute atomic E-state index is 0.0447. The Morgan fingerprint density at radius 3 is 2.94 bits per heavy atom. The molecule has 3 nitrogen and oxygen atoms in total. The fourth-order valence-electron chi connectivity index (χ4n) is 2.21. The fraction of sp³-hybridized carbons (Fsp3) is 0.462. The maximum absolute atomic E-state index is 12.0. The normalized spacial score (nSPS) is 20.7. The van der Waals surface area contributed by atoms with E-state index in [1.165, 1.54) is 0 Å². The molecule has 0 spiro atoms. The van der Waals surface area contributed by atoms with Crippen molar-refractivity contribution in [3.8, 4) is 5.75 Å². The highest BCUT2D eigenvalue weighted by molar-refractivity contribution is 6.02. The van der Waals surface area contributed by atoms with Crippen molar-refractivity contribution in [2.75, 3.05) is 7.11 Å². The van der Waals surface area contributed by atoms with Crippen LogP contribution in [0.25, 0.3) is 0 Å². The molecule has 2 atom stereocenters. The highest BCUT2D eigenvalue weighted by atomic mass is 16.5. The average Bonchev–Trinajstić information content (AvgIpc) is 2.65. The molecular weight excluding hydrogens is 204 g/mol. The Morgan fingerprint density at radius 2 is 2.31 bits per heavy atom. The molecule has 1 aliphatic carbocycles. The maximum Gasteiger partial charge on any atom is 0.169 e. The number of aliphatic hydroxyl groups is 1. The lowest BCUT2D eigenvalue weighted by Crippen LogP contribution is -2.24. The van der Waals surface area contributed by atoms with Crippen molar-refractivity contribution >= 4 is 5.78 Å². The van der Waals surface area contributed by atoms with Gasteiger partial charge in [0.15, 0.2) is 5.78 Å². The number of Topliss-reactive ketones (excluding diaryl/α,β-unsaturated/α-hetero) is 1. The molecule has 0 bridgehead atoms. The van der Waals surface area contributed by atoms with Crippen molar-refractivity contribution in [2.45, 2.75) is 25.9 Å². The molecule has 0 heterocycles. The molecule has 2 rings (SSSR count). The molecule has 0 saturated carbocycles. The van der Waals surface area contributed by atoms with Crippen molar-refractivity contribution in [1.82, 2.24) is 0 Å². The van der Waals surface area contributed by atoms with Crippen LogP contribution in [0.5, 0.6) is 5.75 Å². The largest absolute Gasteiger partial charge is 0.497 e. The zero-order chi connectivity index (χ0) is 11.7. The lowest BCUT2D eigenvalue weighted by Gasteiger charge is -2.13. The lowest BCUT2D eigenvalue weighted by atomic mass is 9.96. The Balaban J connectivity index is 2.31. The lowest BCUT2D eigenvalue weighted by molar-refractivity contribution is 0.0700. The van der Waals surface area contributed by atoms with E-state index in [4.69, 9.17) is 4.74 Å². The Bertz CT molecular complexity index is 412. The Kier molecular flexibility index (Phi) is 2.97. The number of methoxy groups -OCH3 is 1. The van der Waals surface area contributed by atoms with Gasteiger partial charge in [0.2, 0.25) is 0 Å². The molecule has 0 amide bonds. The highest BCUT2D eigenvalue weighted by Gasteiger charge is 2.34. The van der Waals surface area contributed by atoms with Gasteiger partial charge in [-0.1, -0.05) is 13.0 Å².